The molecule has 0 fully saturated rings. The number of hydrogen-bond donors (Lipinski definition) is 2. The Morgan fingerprint density at radius 2 is 2.45 bits per heavy atom. The van der Waals surface area contributed by atoms with E-state index in [4.69, 9.17) is 15.1 Å². The van der Waals surface area contributed by atoms with Crippen LogP contribution in [0.2, 0.25) is 0 Å². The molecular weight excluding hydrogens is 144 g/mol. The van der Waals surface area contributed by atoms with Crippen molar-refractivity contribution in [3.05, 3.63) is 0 Å². The highest BCUT2D eigenvalue weighted by Gasteiger charge is 2.00. The van der Waals surface area contributed by atoms with Gasteiger partial charge in [-0.15, -0.1) is 0 Å². The van der Waals surface area contributed by atoms with Gasteiger partial charge in [-0.25, -0.2) is 0 Å². The van der Waals surface area contributed by atoms with E-state index in [1.54, 1.807) is 7.11 Å². The SMILES string of the molecule is COCC(O)CCNCC#N. The molecule has 0 aliphatic carbocycles. The number of rotatable bonds is 6. The van der Waals surface area contributed by atoms with E-state index in [1.807, 2.05) is 6.07 Å². The van der Waals surface area contributed by atoms with Crippen LogP contribution in [0, 0.1) is 11.3 Å². The summed E-state index contributed by atoms with van der Waals surface area (Å²) in [5, 5.41) is 20.1. The van der Waals surface area contributed by atoms with Gasteiger partial charge in [0.2, 0.25) is 0 Å². The lowest BCUT2D eigenvalue weighted by Gasteiger charge is -2.07. The lowest BCUT2D eigenvalue weighted by Crippen LogP contribution is -2.23. The minimum atomic E-state index is -0.425. The summed E-state index contributed by atoms with van der Waals surface area (Å²) < 4.78 is 4.72. The molecule has 1 atom stereocenters. The number of nitriles is 1. The van der Waals surface area contributed by atoms with Crippen molar-refractivity contribution < 1.29 is 9.84 Å². The van der Waals surface area contributed by atoms with Crippen molar-refractivity contribution >= 4 is 0 Å². The minimum Gasteiger partial charge on any atom is -0.391 e. The number of hydrogen-bond acceptors (Lipinski definition) is 4. The first-order chi connectivity index (χ1) is 5.31. The molecule has 0 radical (unpaired) electrons. The van der Waals surface area contributed by atoms with Crippen LogP contribution in [0.3, 0.4) is 0 Å². The standard InChI is InChI=1S/C7H14N2O2/c1-11-6-7(10)2-4-9-5-3-8/h7,9-10H,2,4-6H2,1H3. The molecule has 0 aromatic carbocycles. The molecular formula is C7H14N2O2. The summed E-state index contributed by atoms with van der Waals surface area (Å²) in [5.41, 5.74) is 0. The predicted molar refractivity (Wildman–Crippen MR) is 41.0 cm³/mol. The average Bonchev–Trinajstić information content (AvgIpc) is 1.99. The second-order valence-electron chi connectivity index (χ2n) is 2.23. The van der Waals surface area contributed by atoms with Crippen LogP contribution in [0.1, 0.15) is 6.42 Å². The third-order valence-corrected chi connectivity index (χ3v) is 1.22. The van der Waals surface area contributed by atoms with Gasteiger partial charge in [-0.05, 0) is 13.0 Å². The molecule has 2 N–H and O–H groups in total. The molecule has 0 amide bonds. The monoisotopic (exact) mass is 158 g/mol. The summed E-state index contributed by atoms with van der Waals surface area (Å²) >= 11 is 0. The third-order valence-electron chi connectivity index (χ3n) is 1.22. The largest absolute Gasteiger partial charge is 0.391 e. The van der Waals surface area contributed by atoms with E-state index in [1.165, 1.54) is 0 Å². The highest BCUT2D eigenvalue weighted by atomic mass is 16.5. The van der Waals surface area contributed by atoms with Gasteiger partial charge in [0.05, 0.1) is 25.3 Å². The van der Waals surface area contributed by atoms with Crippen molar-refractivity contribution in [2.24, 2.45) is 0 Å². The number of methoxy groups -OCH3 is 1. The Morgan fingerprint density at radius 1 is 1.73 bits per heavy atom. The quantitative estimate of drug-likeness (QED) is 0.404. The molecule has 0 aliphatic heterocycles. The zero-order chi connectivity index (χ0) is 8.53. The molecule has 0 rings (SSSR count). The second kappa shape index (κ2) is 7.48. The van der Waals surface area contributed by atoms with Crippen molar-refractivity contribution in [2.45, 2.75) is 12.5 Å². The maximum atomic E-state index is 9.10. The van der Waals surface area contributed by atoms with E-state index in [0.29, 0.717) is 26.1 Å². The molecule has 4 nitrogen and oxygen atoms in total. The number of ether oxygens (including phenoxy) is 1. The lowest BCUT2D eigenvalue weighted by molar-refractivity contribution is 0.0596. The van der Waals surface area contributed by atoms with E-state index in [2.05, 4.69) is 5.32 Å². The molecule has 0 bridgehead atoms. The molecule has 0 spiro atoms. The van der Waals surface area contributed by atoms with Crippen molar-refractivity contribution in [3.63, 3.8) is 0 Å². The first-order valence-corrected chi connectivity index (χ1v) is 3.56. The van der Waals surface area contributed by atoms with Crippen LogP contribution in [-0.4, -0.2) is 38.0 Å². The van der Waals surface area contributed by atoms with Crippen LogP contribution < -0.4 is 5.32 Å². The van der Waals surface area contributed by atoms with Gasteiger partial charge in [-0.3, -0.25) is 0 Å². The van der Waals surface area contributed by atoms with Gasteiger partial charge in [-0.1, -0.05) is 0 Å². The zero-order valence-electron chi connectivity index (χ0n) is 6.71. The Hall–Kier alpha value is -0.630. The molecule has 0 aromatic rings. The fourth-order valence-corrected chi connectivity index (χ4v) is 0.689. The van der Waals surface area contributed by atoms with E-state index in [0.717, 1.165) is 0 Å². The number of nitrogens with one attached hydrogen (secondary N) is 1. The predicted octanol–water partition coefficient (Wildman–Crippen LogP) is -0.503. The van der Waals surface area contributed by atoms with Crippen LogP contribution in [0.15, 0.2) is 0 Å². The van der Waals surface area contributed by atoms with Crippen molar-refractivity contribution in [1.82, 2.24) is 5.32 Å². The zero-order valence-corrected chi connectivity index (χ0v) is 6.71. The van der Waals surface area contributed by atoms with E-state index >= 15 is 0 Å². The van der Waals surface area contributed by atoms with Crippen LogP contribution in [0.5, 0.6) is 0 Å². The molecule has 0 saturated heterocycles. The lowest BCUT2D eigenvalue weighted by atomic mass is 10.3. The Kier molecular flexibility index (Phi) is 7.05. The highest BCUT2D eigenvalue weighted by molar-refractivity contribution is 4.72. The van der Waals surface area contributed by atoms with Crippen LogP contribution in [-0.2, 0) is 4.74 Å². The fourth-order valence-electron chi connectivity index (χ4n) is 0.689. The first kappa shape index (κ1) is 10.4. The van der Waals surface area contributed by atoms with E-state index in [-0.39, 0.29) is 0 Å². The van der Waals surface area contributed by atoms with Gasteiger partial charge >= 0.3 is 0 Å². The van der Waals surface area contributed by atoms with Crippen molar-refractivity contribution in [1.29, 1.82) is 5.26 Å². The molecule has 1 unspecified atom stereocenters. The number of nitrogens with zero attached hydrogens (tertiary/aromatic N) is 1. The van der Waals surface area contributed by atoms with Crippen molar-refractivity contribution in [3.8, 4) is 6.07 Å². The van der Waals surface area contributed by atoms with Gasteiger partial charge in [0.15, 0.2) is 0 Å². The summed E-state index contributed by atoms with van der Waals surface area (Å²) in [4.78, 5) is 0. The smallest absolute Gasteiger partial charge is 0.0840 e. The minimum absolute atomic E-state index is 0.333. The molecule has 0 aromatic heterocycles. The maximum Gasteiger partial charge on any atom is 0.0840 e. The molecule has 0 aliphatic rings. The molecule has 0 heterocycles. The summed E-state index contributed by atoms with van der Waals surface area (Å²) in [5.74, 6) is 0. The number of aliphatic hydroxyl groups is 1. The van der Waals surface area contributed by atoms with Gasteiger partial charge in [0, 0.05) is 7.11 Å². The highest BCUT2D eigenvalue weighted by Crippen LogP contribution is 1.89. The Labute approximate surface area is 66.8 Å². The fraction of sp³-hybridized carbons (Fsp3) is 0.857. The summed E-state index contributed by atoms with van der Waals surface area (Å²) in [6, 6.07) is 1.95. The van der Waals surface area contributed by atoms with E-state index in [9.17, 15) is 0 Å². The summed E-state index contributed by atoms with van der Waals surface area (Å²) in [7, 11) is 1.55. The molecule has 64 valence electrons. The molecule has 4 heteroatoms. The first-order valence-electron chi connectivity index (χ1n) is 3.56. The van der Waals surface area contributed by atoms with Gasteiger partial charge in [0.1, 0.15) is 0 Å². The van der Waals surface area contributed by atoms with Gasteiger partial charge in [0.25, 0.3) is 0 Å². The molecule has 0 saturated carbocycles. The maximum absolute atomic E-state index is 9.10. The third kappa shape index (κ3) is 7.26. The topological polar surface area (TPSA) is 65.3 Å². The summed E-state index contributed by atoms with van der Waals surface area (Å²) in [6.45, 7) is 1.34. The Bertz CT molecular complexity index is 122. The second-order valence-corrected chi connectivity index (χ2v) is 2.23. The summed E-state index contributed by atoms with van der Waals surface area (Å²) in [6.07, 6.45) is 0.196. The normalized spacial score (nSPS) is 12.5. The average molecular weight is 158 g/mol. The van der Waals surface area contributed by atoms with Crippen LogP contribution in [0.4, 0.5) is 0 Å². The van der Waals surface area contributed by atoms with Crippen LogP contribution >= 0.6 is 0 Å². The molecule has 11 heavy (non-hydrogen) atoms. The van der Waals surface area contributed by atoms with Crippen LogP contribution in [0.25, 0.3) is 0 Å². The number of aliphatic hydroxyl groups excluding tert-OH is 1. The van der Waals surface area contributed by atoms with Crippen molar-refractivity contribution in [2.75, 3.05) is 26.8 Å². The van der Waals surface area contributed by atoms with E-state index < -0.39 is 6.10 Å². The van der Waals surface area contributed by atoms with Gasteiger partial charge < -0.3 is 15.2 Å². The Balaban J connectivity index is 3.05. The van der Waals surface area contributed by atoms with Gasteiger partial charge in [-0.2, -0.15) is 5.26 Å². The Morgan fingerprint density at radius 3 is 3.00 bits per heavy atom.